The van der Waals surface area contributed by atoms with Crippen molar-refractivity contribution < 1.29 is 32.2 Å². The summed E-state index contributed by atoms with van der Waals surface area (Å²) in [7, 11) is 0. The maximum absolute atomic E-state index is 12.4. The molecular formula is C10H14F3NO4. The van der Waals surface area contributed by atoms with Gasteiger partial charge in [-0.15, -0.1) is 0 Å². The van der Waals surface area contributed by atoms with E-state index in [2.05, 4.69) is 9.47 Å². The number of hydrogen-bond acceptors (Lipinski definition) is 5. The van der Waals surface area contributed by atoms with Gasteiger partial charge in [0.15, 0.2) is 5.78 Å². The van der Waals surface area contributed by atoms with Crippen molar-refractivity contribution in [2.24, 2.45) is 5.73 Å². The Balaban J connectivity index is 5.31. The molecule has 0 atom stereocenters. The second kappa shape index (κ2) is 7.00. The molecule has 5 nitrogen and oxygen atoms in total. The van der Waals surface area contributed by atoms with Gasteiger partial charge in [0.1, 0.15) is 17.9 Å². The third kappa shape index (κ3) is 4.74. The van der Waals surface area contributed by atoms with E-state index in [-0.39, 0.29) is 13.2 Å². The third-order valence-corrected chi connectivity index (χ3v) is 1.77. The molecule has 0 unspecified atom stereocenters. The highest BCUT2D eigenvalue weighted by Gasteiger charge is 2.39. The van der Waals surface area contributed by atoms with Crippen molar-refractivity contribution in [3.63, 3.8) is 0 Å². The van der Waals surface area contributed by atoms with Crippen LogP contribution in [-0.2, 0) is 19.1 Å². The molecule has 0 radical (unpaired) electrons. The first kappa shape index (κ1) is 16.4. The number of nitrogens with two attached hydrogens (primary N) is 1. The Hall–Kier alpha value is -1.57. The molecule has 0 spiro atoms. The van der Waals surface area contributed by atoms with Crippen molar-refractivity contribution in [3.05, 3.63) is 11.3 Å². The maximum atomic E-state index is 12.4. The zero-order valence-electron chi connectivity index (χ0n) is 9.97. The Kier molecular flexibility index (Phi) is 6.39. The molecule has 104 valence electrons. The topological polar surface area (TPSA) is 78.6 Å². The minimum absolute atomic E-state index is 0.119. The molecule has 0 aliphatic rings. The van der Waals surface area contributed by atoms with Crippen molar-refractivity contribution in [2.75, 3.05) is 19.8 Å². The van der Waals surface area contributed by atoms with E-state index in [4.69, 9.17) is 5.73 Å². The lowest BCUT2D eigenvalue weighted by Crippen LogP contribution is -2.30. The normalized spacial score (nSPS) is 12.9. The van der Waals surface area contributed by atoms with Gasteiger partial charge < -0.3 is 15.2 Å². The second-order valence-corrected chi connectivity index (χ2v) is 3.07. The van der Waals surface area contributed by atoms with E-state index in [1.807, 2.05) is 0 Å². The first-order chi connectivity index (χ1) is 8.25. The number of ketones is 1. The number of allylic oxidation sites excluding steroid dienone is 1. The van der Waals surface area contributed by atoms with E-state index in [9.17, 15) is 22.8 Å². The van der Waals surface area contributed by atoms with Crippen LogP contribution in [-0.4, -0.2) is 37.7 Å². The monoisotopic (exact) mass is 269 g/mol. The molecule has 0 aromatic carbocycles. The summed E-state index contributed by atoms with van der Waals surface area (Å²) in [6.45, 7) is 2.23. The molecule has 0 rings (SSSR count). The number of rotatable bonds is 6. The minimum atomic E-state index is -4.98. The van der Waals surface area contributed by atoms with E-state index < -0.39 is 35.8 Å². The summed E-state index contributed by atoms with van der Waals surface area (Å²) in [6.07, 6.45) is -4.98. The van der Waals surface area contributed by atoms with Crippen LogP contribution in [0, 0.1) is 0 Å². The number of esters is 1. The first-order valence-corrected chi connectivity index (χ1v) is 5.10. The van der Waals surface area contributed by atoms with Crippen LogP contribution in [0.15, 0.2) is 11.3 Å². The van der Waals surface area contributed by atoms with Gasteiger partial charge in [0.25, 0.3) is 0 Å². The molecule has 0 aromatic rings. The van der Waals surface area contributed by atoms with E-state index in [1.54, 1.807) is 6.92 Å². The van der Waals surface area contributed by atoms with E-state index in [0.717, 1.165) is 0 Å². The molecule has 0 aliphatic carbocycles. The Morgan fingerprint density at radius 3 is 2.11 bits per heavy atom. The minimum Gasteiger partial charge on any atom is -0.462 e. The molecule has 0 saturated heterocycles. The van der Waals surface area contributed by atoms with Gasteiger partial charge in [0.2, 0.25) is 0 Å². The molecule has 0 bridgehead atoms. The fraction of sp³-hybridized carbons (Fsp3) is 0.600. The SMILES string of the molecule is CCOCC(=O)C(C(=O)OCC)=C(N)C(F)(F)F. The lowest BCUT2D eigenvalue weighted by molar-refractivity contribution is -0.142. The van der Waals surface area contributed by atoms with Crippen molar-refractivity contribution >= 4 is 11.8 Å². The zero-order chi connectivity index (χ0) is 14.3. The Morgan fingerprint density at radius 2 is 1.72 bits per heavy atom. The highest BCUT2D eigenvalue weighted by Crippen LogP contribution is 2.25. The molecule has 0 heterocycles. The van der Waals surface area contributed by atoms with Gasteiger partial charge in [0.05, 0.1) is 6.61 Å². The van der Waals surface area contributed by atoms with E-state index in [1.165, 1.54) is 6.92 Å². The molecule has 0 aliphatic heterocycles. The van der Waals surface area contributed by atoms with Crippen molar-refractivity contribution in [2.45, 2.75) is 20.0 Å². The van der Waals surface area contributed by atoms with Gasteiger partial charge in [0, 0.05) is 6.61 Å². The molecule has 0 saturated carbocycles. The number of hydrogen-bond donors (Lipinski definition) is 1. The summed E-state index contributed by atoms with van der Waals surface area (Å²) in [6, 6.07) is 0. The van der Waals surface area contributed by atoms with Crippen LogP contribution in [0.2, 0.25) is 0 Å². The number of alkyl halides is 3. The first-order valence-electron chi connectivity index (χ1n) is 5.10. The highest BCUT2D eigenvalue weighted by molar-refractivity contribution is 6.18. The second-order valence-electron chi connectivity index (χ2n) is 3.07. The van der Waals surface area contributed by atoms with Gasteiger partial charge in [-0.3, -0.25) is 4.79 Å². The Labute approximate surface area is 102 Å². The number of Topliss-reactive ketones (excluding diaryl/α,β-unsaturated/α-hetero) is 1. The van der Waals surface area contributed by atoms with Crippen molar-refractivity contribution in [1.82, 2.24) is 0 Å². The summed E-state index contributed by atoms with van der Waals surface area (Å²) in [4.78, 5) is 22.7. The average Bonchev–Trinajstić information content (AvgIpc) is 2.25. The molecule has 0 fully saturated rings. The van der Waals surface area contributed by atoms with Gasteiger partial charge >= 0.3 is 12.1 Å². The van der Waals surface area contributed by atoms with Crippen LogP contribution in [0.3, 0.4) is 0 Å². The third-order valence-electron chi connectivity index (χ3n) is 1.77. The quantitative estimate of drug-likeness (QED) is 0.336. The standard InChI is InChI=1S/C10H14F3NO4/c1-3-17-5-6(15)7(9(16)18-4-2)8(14)10(11,12)13/h3-5,14H2,1-2H3. The smallest absolute Gasteiger partial charge is 0.431 e. The fourth-order valence-corrected chi connectivity index (χ4v) is 0.986. The van der Waals surface area contributed by atoms with Crippen LogP contribution < -0.4 is 5.73 Å². The number of carbonyl (C=O) groups is 2. The van der Waals surface area contributed by atoms with Gasteiger partial charge in [-0.25, -0.2) is 4.79 Å². The Bertz CT molecular complexity index is 350. The highest BCUT2D eigenvalue weighted by atomic mass is 19.4. The summed E-state index contributed by atoms with van der Waals surface area (Å²) in [5.41, 5.74) is 1.78. The molecular weight excluding hydrogens is 255 g/mol. The summed E-state index contributed by atoms with van der Waals surface area (Å²) in [5, 5.41) is 0. The zero-order valence-corrected chi connectivity index (χ0v) is 9.97. The average molecular weight is 269 g/mol. The van der Waals surface area contributed by atoms with Crippen molar-refractivity contribution in [3.8, 4) is 0 Å². The van der Waals surface area contributed by atoms with Gasteiger partial charge in [-0.2, -0.15) is 13.2 Å². The van der Waals surface area contributed by atoms with Crippen LogP contribution in [0.25, 0.3) is 0 Å². The molecule has 8 heteroatoms. The van der Waals surface area contributed by atoms with Gasteiger partial charge in [-0.1, -0.05) is 0 Å². The maximum Gasteiger partial charge on any atom is 0.431 e. The predicted octanol–water partition coefficient (Wildman–Crippen LogP) is 0.930. The lowest BCUT2D eigenvalue weighted by Gasteiger charge is -2.12. The van der Waals surface area contributed by atoms with Crippen molar-refractivity contribution in [1.29, 1.82) is 0 Å². The van der Waals surface area contributed by atoms with Gasteiger partial charge in [-0.05, 0) is 13.8 Å². The number of ether oxygens (including phenoxy) is 2. The predicted molar refractivity (Wildman–Crippen MR) is 55.4 cm³/mol. The lowest BCUT2D eigenvalue weighted by atomic mass is 10.1. The summed E-state index contributed by atoms with van der Waals surface area (Å²) < 4.78 is 46.2. The van der Waals surface area contributed by atoms with E-state index in [0.29, 0.717) is 0 Å². The van der Waals surface area contributed by atoms with Crippen LogP contribution in [0.4, 0.5) is 13.2 Å². The summed E-state index contributed by atoms with van der Waals surface area (Å²) >= 11 is 0. The van der Waals surface area contributed by atoms with Crippen LogP contribution in [0.5, 0.6) is 0 Å². The van der Waals surface area contributed by atoms with E-state index >= 15 is 0 Å². The Morgan fingerprint density at radius 1 is 1.17 bits per heavy atom. The largest absolute Gasteiger partial charge is 0.462 e. The molecule has 0 amide bonds. The van der Waals surface area contributed by atoms with Crippen LogP contribution in [0.1, 0.15) is 13.8 Å². The molecule has 0 aromatic heterocycles. The summed E-state index contributed by atoms with van der Waals surface area (Å²) in [5.74, 6) is -2.57. The van der Waals surface area contributed by atoms with Crippen LogP contribution >= 0.6 is 0 Å². The fourth-order valence-electron chi connectivity index (χ4n) is 0.986. The number of halogens is 3. The molecule has 2 N–H and O–H groups in total. The molecule has 18 heavy (non-hydrogen) atoms. The number of carbonyl (C=O) groups excluding carboxylic acids is 2.